The van der Waals surface area contributed by atoms with Crippen molar-refractivity contribution in [3.05, 3.63) is 217 Å². The molecular formula is C46H35N4P. The van der Waals surface area contributed by atoms with Gasteiger partial charge in [-0.15, -0.1) is 0 Å². The first-order chi connectivity index (χ1) is 25.2. The minimum Gasteiger partial charge on any atom is -0.384 e. The highest BCUT2D eigenvalue weighted by Gasteiger charge is 2.24. The Morgan fingerprint density at radius 1 is 0.471 bits per heavy atom. The Morgan fingerprint density at radius 2 is 0.824 bits per heavy atom. The van der Waals surface area contributed by atoms with E-state index in [0.717, 1.165) is 49.8 Å². The van der Waals surface area contributed by atoms with Gasteiger partial charge in [0.25, 0.3) is 0 Å². The van der Waals surface area contributed by atoms with Gasteiger partial charge in [-0.2, -0.15) is 5.26 Å². The molecular weight excluding hydrogens is 640 g/mol. The number of nitriles is 1. The summed E-state index contributed by atoms with van der Waals surface area (Å²) < 4.78 is 5.45. The van der Waals surface area contributed by atoms with Crippen LogP contribution in [0.4, 0.5) is 11.4 Å². The molecule has 2 N–H and O–H groups in total. The number of nitrogens with two attached hydrogens (primary N) is 1. The summed E-state index contributed by atoms with van der Waals surface area (Å²) in [4.78, 5) is 1.95. The zero-order valence-corrected chi connectivity index (χ0v) is 28.8. The van der Waals surface area contributed by atoms with Crippen LogP contribution in [-0.2, 0) is 0 Å². The average Bonchev–Trinajstić information content (AvgIpc) is 3.22. The molecule has 7 rings (SSSR count). The van der Waals surface area contributed by atoms with Gasteiger partial charge in [0, 0.05) is 27.5 Å². The molecule has 0 aliphatic carbocycles. The summed E-state index contributed by atoms with van der Waals surface area (Å²) in [7, 11) is -1.24. The number of hydrogen-bond acceptors (Lipinski definition) is 4. The summed E-state index contributed by atoms with van der Waals surface area (Å²) in [5.41, 5.74) is 15.0. The summed E-state index contributed by atoms with van der Waals surface area (Å²) in [5.74, 6) is 0.288. The van der Waals surface area contributed by atoms with Gasteiger partial charge in [0.15, 0.2) is 0 Å². The fourth-order valence-corrected chi connectivity index (χ4v) is 7.84. The first kappa shape index (κ1) is 33.0. The Morgan fingerprint density at radius 3 is 1.22 bits per heavy atom. The van der Waals surface area contributed by atoms with Gasteiger partial charge in [0.1, 0.15) is 17.5 Å². The van der Waals surface area contributed by atoms with Crippen LogP contribution in [0.3, 0.4) is 0 Å². The van der Waals surface area contributed by atoms with Crippen LogP contribution in [0.1, 0.15) is 5.56 Å². The molecule has 0 aromatic heterocycles. The summed E-state index contributed by atoms with van der Waals surface area (Å²) in [6, 6.07) is 70.0. The maximum absolute atomic E-state index is 11.0. The SMILES string of the molecule is N#CC(/C(=N\P(c1ccccc1)c1ccccc1)c1ccccc1)=C(/N)N(c1ccc(-c2ccccc2)cc1)c1ccc(-c2ccccc2)cc1. The van der Waals surface area contributed by atoms with Crippen molar-refractivity contribution in [3.8, 4) is 28.3 Å². The van der Waals surface area contributed by atoms with Crippen molar-refractivity contribution in [1.82, 2.24) is 0 Å². The molecule has 244 valence electrons. The van der Waals surface area contributed by atoms with E-state index >= 15 is 0 Å². The first-order valence-corrected chi connectivity index (χ1v) is 18.0. The van der Waals surface area contributed by atoms with E-state index in [9.17, 15) is 5.26 Å². The predicted octanol–water partition coefficient (Wildman–Crippen LogP) is 10.4. The van der Waals surface area contributed by atoms with Crippen LogP contribution < -0.4 is 21.2 Å². The van der Waals surface area contributed by atoms with Gasteiger partial charge < -0.3 is 5.73 Å². The molecule has 0 heterocycles. The molecule has 0 aliphatic rings. The largest absolute Gasteiger partial charge is 0.384 e. The van der Waals surface area contributed by atoms with E-state index < -0.39 is 8.07 Å². The third kappa shape index (κ3) is 7.56. The molecule has 0 bridgehead atoms. The van der Waals surface area contributed by atoms with Gasteiger partial charge in [-0.1, -0.05) is 176 Å². The fourth-order valence-electron chi connectivity index (χ4n) is 5.99. The van der Waals surface area contributed by atoms with E-state index in [4.69, 9.17) is 10.5 Å². The van der Waals surface area contributed by atoms with E-state index in [2.05, 4.69) is 103 Å². The standard InChI is InChI=1S/C46H35N4P/c47-34-44(45(39-20-10-3-11-21-39)49-51(42-22-12-4-13-23-42)43-24-14-5-15-25-43)46(48)50(40-30-26-37(27-31-40)35-16-6-1-7-17-35)41-32-28-38(29-33-41)36-18-8-2-9-19-36/h1-33H,48H2/b46-44+,49-45-. The lowest BCUT2D eigenvalue weighted by Gasteiger charge is -2.27. The Balaban J connectivity index is 1.41. The maximum Gasteiger partial charge on any atom is 0.128 e. The third-order valence-corrected chi connectivity index (χ3v) is 10.5. The van der Waals surface area contributed by atoms with Crippen LogP contribution in [0.2, 0.25) is 0 Å². The van der Waals surface area contributed by atoms with Crippen LogP contribution in [0.5, 0.6) is 0 Å². The number of nitrogens with zero attached hydrogens (tertiary/aromatic N) is 3. The lowest BCUT2D eigenvalue weighted by molar-refractivity contribution is 1.11. The highest BCUT2D eigenvalue weighted by atomic mass is 31.1. The summed E-state index contributed by atoms with van der Waals surface area (Å²) in [5, 5.41) is 13.2. The van der Waals surface area contributed by atoms with Crippen molar-refractivity contribution >= 4 is 35.8 Å². The normalized spacial score (nSPS) is 11.8. The summed E-state index contributed by atoms with van der Waals surface area (Å²) in [6.45, 7) is 0. The van der Waals surface area contributed by atoms with Crippen LogP contribution in [-0.4, -0.2) is 5.71 Å². The summed E-state index contributed by atoms with van der Waals surface area (Å²) in [6.07, 6.45) is 0. The van der Waals surface area contributed by atoms with Gasteiger partial charge in [-0.25, -0.2) is 4.76 Å². The molecule has 7 aromatic carbocycles. The molecule has 4 nitrogen and oxygen atoms in total. The van der Waals surface area contributed by atoms with Crippen molar-refractivity contribution in [2.75, 3.05) is 4.90 Å². The zero-order chi connectivity index (χ0) is 34.8. The minimum atomic E-state index is -1.24. The molecule has 7 aromatic rings. The average molecular weight is 675 g/mol. The van der Waals surface area contributed by atoms with E-state index in [0.29, 0.717) is 11.3 Å². The van der Waals surface area contributed by atoms with Crippen LogP contribution in [0, 0.1) is 11.3 Å². The molecule has 0 saturated carbocycles. The van der Waals surface area contributed by atoms with Gasteiger partial charge >= 0.3 is 0 Å². The maximum atomic E-state index is 11.0. The lowest BCUT2D eigenvalue weighted by Crippen LogP contribution is -2.27. The number of hydrogen-bond donors (Lipinski definition) is 1. The quantitative estimate of drug-likeness (QED) is 0.0892. The second-order valence-corrected chi connectivity index (χ2v) is 13.7. The molecule has 5 heteroatoms. The van der Waals surface area contributed by atoms with Crippen LogP contribution >= 0.6 is 8.07 Å². The lowest BCUT2D eigenvalue weighted by atomic mass is 10.0. The topological polar surface area (TPSA) is 65.4 Å². The van der Waals surface area contributed by atoms with Crippen molar-refractivity contribution in [3.63, 3.8) is 0 Å². The second-order valence-electron chi connectivity index (χ2n) is 11.8. The molecule has 0 radical (unpaired) electrons. The highest BCUT2D eigenvalue weighted by molar-refractivity contribution is 7.72. The number of allylic oxidation sites excluding steroid dienone is 1. The van der Waals surface area contributed by atoms with Gasteiger partial charge in [0.2, 0.25) is 0 Å². The highest BCUT2D eigenvalue weighted by Crippen LogP contribution is 2.38. The Hall–Kier alpha value is -6.53. The van der Waals surface area contributed by atoms with Crippen LogP contribution in [0.25, 0.3) is 22.3 Å². The monoisotopic (exact) mass is 674 g/mol. The van der Waals surface area contributed by atoms with Crippen molar-refractivity contribution < 1.29 is 0 Å². The third-order valence-electron chi connectivity index (χ3n) is 8.56. The fraction of sp³-hybridized carbons (Fsp3) is 0. The molecule has 0 amide bonds. The number of benzene rings is 7. The number of rotatable bonds is 10. The van der Waals surface area contributed by atoms with Gasteiger partial charge in [-0.3, -0.25) is 4.90 Å². The molecule has 51 heavy (non-hydrogen) atoms. The van der Waals surface area contributed by atoms with Gasteiger partial charge in [0.05, 0.1) is 13.8 Å². The summed E-state index contributed by atoms with van der Waals surface area (Å²) >= 11 is 0. The van der Waals surface area contributed by atoms with Crippen molar-refractivity contribution in [2.45, 2.75) is 0 Å². The van der Waals surface area contributed by atoms with Crippen molar-refractivity contribution in [1.29, 1.82) is 5.26 Å². The zero-order valence-electron chi connectivity index (χ0n) is 27.9. The van der Waals surface area contributed by atoms with E-state index in [1.807, 2.05) is 108 Å². The predicted molar refractivity (Wildman–Crippen MR) is 215 cm³/mol. The molecule has 0 unspecified atom stereocenters. The molecule has 0 aliphatic heterocycles. The molecule has 0 saturated heterocycles. The minimum absolute atomic E-state index is 0.288. The Labute approximate surface area is 300 Å². The Kier molecular flexibility index (Phi) is 10.2. The van der Waals surface area contributed by atoms with Crippen molar-refractivity contribution in [2.24, 2.45) is 10.5 Å². The van der Waals surface area contributed by atoms with E-state index in [-0.39, 0.29) is 5.82 Å². The van der Waals surface area contributed by atoms with E-state index in [1.165, 1.54) is 0 Å². The molecule has 0 spiro atoms. The van der Waals surface area contributed by atoms with E-state index in [1.54, 1.807) is 0 Å². The first-order valence-electron chi connectivity index (χ1n) is 16.8. The molecule has 0 atom stereocenters. The molecule has 0 fully saturated rings. The second kappa shape index (κ2) is 15.8. The Bertz CT molecular complexity index is 2160. The number of anilines is 2. The van der Waals surface area contributed by atoms with Crippen LogP contribution in [0.15, 0.2) is 216 Å². The van der Waals surface area contributed by atoms with Gasteiger partial charge in [-0.05, 0) is 46.5 Å². The smallest absolute Gasteiger partial charge is 0.128 e.